The van der Waals surface area contributed by atoms with Gasteiger partial charge in [-0.1, -0.05) is 38.1 Å². The standard InChI is InChI=1S/C28H33F3N4O/c1-17(2)19-7-6-8-21(15-19)32-26(36)24-16-22(23-13-14-35(34-23)27(3,4)5)25(33-24)18-9-11-20(12-10-18)28(29,30)31/h6-15,17,22,24-25,33H,16H2,1-5H3,(H,32,36)/t22?,24-,25-/m0/s1. The van der Waals surface area contributed by atoms with E-state index in [0.717, 1.165) is 29.1 Å². The van der Waals surface area contributed by atoms with Gasteiger partial charge < -0.3 is 5.32 Å². The van der Waals surface area contributed by atoms with E-state index in [1.807, 2.05) is 62.0 Å². The Hall–Kier alpha value is -3.13. The van der Waals surface area contributed by atoms with Crippen LogP contribution in [0.1, 0.15) is 81.3 Å². The van der Waals surface area contributed by atoms with Crippen LogP contribution in [-0.2, 0) is 16.5 Å². The fourth-order valence-electron chi connectivity index (χ4n) is 4.59. The summed E-state index contributed by atoms with van der Waals surface area (Å²) in [5.41, 5.74) is 2.43. The monoisotopic (exact) mass is 498 g/mol. The zero-order valence-electron chi connectivity index (χ0n) is 21.2. The zero-order chi connectivity index (χ0) is 26.3. The first-order valence-corrected chi connectivity index (χ1v) is 12.2. The van der Waals surface area contributed by atoms with Gasteiger partial charge in [0.1, 0.15) is 0 Å². The van der Waals surface area contributed by atoms with Crippen molar-refractivity contribution in [3.8, 4) is 0 Å². The Kier molecular flexibility index (Phi) is 7.01. The number of rotatable bonds is 5. The van der Waals surface area contributed by atoms with Crippen LogP contribution in [0.2, 0.25) is 0 Å². The molecular weight excluding hydrogens is 465 g/mol. The Morgan fingerprint density at radius 2 is 1.78 bits per heavy atom. The van der Waals surface area contributed by atoms with E-state index in [1.165, 1.54) is 12.1 Å². The van der Waals surface area contributed by atoms with Gasteiger partial charge in [-0.05, 0) is 74.6 Å². The summed E-state index contributed by atoms with van der Waals surface area (Å²) in [4.78, 5) is 13.3. The van der Waals surface area contributed by atoms with Crippen molar-refractivity contribution in [3.05, 3.63) is 83.2 Å². The lowest BCUT2D eigenvalue weighted by Gasteiger charge is -2.21. The van der Waals surface area contributed by atoms with Crippen molar-refractivity contribution in [2.45, 2.75) is 76.7 Å². The second kappa shape index (κ2) is 9.73. The van der Waals surface area contributed by atoms with Gasteiger partial charge in [0.15, 0.2) is 0 Å². The van der Waals surface area contributed by atoms with E-state index in [-0.39, 0.29) is 23.4 Å². The van der Waals surface area contributed by atoms with Crippen LogP contribution in [0.15, 0.2) is 60.8 Å². The van der Waals surface area contributed by atoms with E-state index in [0.29, 0.717) is 17.9 Å². The van der Waals surface area contributed by atoms with E-state index in [2.05, 4.69) is 24.5 Å². The number of hydrogen-bond donors (Lipinski definition) is 2. The molecule has 1 unspecified atom stereocenters. The summed E-state index contributed by atoms with van der Waals surface area (Å²) in [6.45, 7) is 10.3. The topological polar surface area (TPSA) is 59.0 Å². The first kappa shape index (κ1) is 25.9. The number of hydrogen-bond acceptors (Lipinski definition) is 3. The number of nitrogens with one attached hydrogen (secondary N) is 2. The molecule has 0 aliphatic carbocycles. The minimum absolute atomic E-state index is 0.175. The van der Waals surface area contributed by atoms with Gasteiger partial charge in [-0.25, -0.2) is 0 Å². The molecule has 3 aromatic rings. The van der Waals surface area contributed by atoms with Gasteiger partial charge in [0, 0.05) is 23.8 Å². The van der Waals surface area contributed by atoms with Crippen molar-refractivity contribution in [2.75, 3.05) is 5.32 Å². The number of halogens is 3. The van der Waals surface area contributed by atoms with Crippen LogP contribution in [0.5, 0.6) is 0 Å². The zero-order valence-corrected chi connectivity index (χ0v) is 21.2. The molecule has 36 heavy (non-hydrogen) atoms. The minimum Gasteiger partial charge on any atom is -0.325 e. The number of carbonyl (C=O) groups excluding carboxylic acids is 1. The number of carbonyl (C=O) groups is 1. The van der Waals surface area contributed by atoms with Gasteiger partial charge in [-0.2, -0.15) is 18.3 Å². The molecule has 0 saturated carbocycles. The normalized spacial score (nSPS) is 20.6. The molecule has 1 aliphatic heterocycles. The Balaban J connectivity index is 1.61. The molecular formula is C28H33F3N4O. The average Bonchev–Trinajstić information content (AvgIpc) is 3.46. The summed E-state index contributed by atoms with van der Waals surface area (Å²) < 4.78 is 41.2. The lowest BCUT2D eigenvalue weighted by molar-refractivity contribution is -0.137. The molecule has 3 atom stereocenters. The van der Waals surface area contributed by atoms with Crippen LogP contribution in [-0.4, -0.2) is 21.7 Å². The Morgan fingerprint density at radius 1 is 1.08 bits per heavy atom. The molecule has 1 aromatic heterocycles. The van der Waals surface area contributed by atoms with Crippen molar-refractivity contribution < 1.29 is 18.0 Å². The Labute approximate surface area is 210 Å². The molecule has 192 valence electrons. The smallest absolute Gasteiger partial charge is 0.325 e. The van der Waals surface area contributed by atoms with Gasteiger partial charge in [-0.3, -0.25) is 14.8 Å². The maximum absolute atomic E-state index is 13.3. The number of amides is 1. The van der Waals surface area contributed by atoms with E-state index in [4.69, 9.17) is 5.10 Å². The van der Waals surface area contributed by atoms with E-state index < -0.39 is 17.8 Å². The molecule has 1 saturated heterocycles. The predicted octanol–water partition coefficient (Wildman–Crippen LogP) is 6.61. The highest BCUT2D eigenvalue weighted by Gasteiger charge is 2.41. The number of aromatic nitrogens is 2. The molecule has 2 heterocycles. The predicted molar refractivity (Wildman–Crippen MR) is 135 cm³/mol. The summed E-state index contributed by atoms with van der Waals surface area (Å²) >= 11 is 0. The Bertz CT molecular complexity index is 1210. The third-order valence-corrected chi connectivity index (χ3v) is 6.68. The van der Waals surface area contributed by atoms with Gasteiger partial charge in [0.2, 0.25) is 5.91 Å². The van der Waals surface area contributed by atoms with Crippen LogP contribution in [0.25, 0.3) is 0 Å². The summed E-state index contributed by atoms with van der Waals surface area (Å²) in [6, 6.07) is 14.0. The molecule has 0 spiro atoms. The molecule has 0 radical (unpaired) electrons. The molecule has 1 aliphatic rings. The van der Waals surface area contributed by atoms with Crippen molar-refractivity contribution in [3.63, 3.8) is 0 Å². The average molecular weight is 499 g/mol. The van der Waals surface area contributed by atoms with Crippen molar-refractivity contribution in [1.29, 1.82) is 0 Å². The minimum atomic E-state index is -4.40. The third-order valence-electron chi connectivity index (χ3n) is 6.68. The molecule has 8 heteroatoms. The van der Waals surface area contributed by atoms with Gasteiger partial charge >= 0.3 is 6.18 Å². The first-order valence-electron chi connectivity index (χ1n) is 12.2. The van der Waals surface area contributed by atoms with Gasteiger partial charge in [0.25, 0.3) is 0 Å². The summed E-state index contributed by atoms with van der Waals surface area (Å²) in [5.74, 6) is -0.0218. The SMILES string of the molecule is CC(C)c1cccc(NC(=O)[C@@H]2CC(c3ccn(C(C)(C)C)n3)[C@H](c3ccc(C(F)(F)F)cc3)N2)c1. The lowest BCUT2D eigenvalue weighted by atomic mass is 9.90. The number of benzene rings is 2. The highest BCUT2D eigenvalue weighted by Crippen LogP contribution is 2.41. The summed E-state index contributed by atoms with van der Waals surface area (Å²) in [5, 5.41) is 11.2. The van der Waals surface area contributed by atoms with Crippen LogP contribution >= 0.6 is 0 Å². The lowest BCUT2D eigenvalue weighted by Crippen LogP contribution is -2.36. The molecule has 1 fully saturated rings. The Morgan fingerprint density at radius 3 is 2.36 bits per heavy atom. The van der Waals surface area contributed by atoms with Crippen molar-refractivity contribution in [1.82, 2.24) is 15.1 Å². The largest absolute Gasteiger partial charge is 0.416 e. The second-order valence-corrected chi connectivity index (χ2v) is 10.8. The fraction of sp³-hybridized carbons (Fsp3) is 0.429. The molecule has 0 bridgehead atoms. The van der Waals surface area contributed by atoms with Crippen LogP contribution in [0, 0.1) is 0 Å². The highest BCUT2D eigenvalue weighted by molar-refractivity contribution is 5.95. The first-order chi connectivity index (χ1) is 16.8. The van der Waals surface area contributed by atoms with E-state index >= 15 is 0 Å². The maximum Gasteiger partial charge on any atom is 0.416 e. The van der Waals surface area contributed by atoms with Gasteiger partial charge in [0.05, 0.1) is 22.8 Å². The third kappa shape index (κ3) is 5.64. The summed E-state index contributed by atoms with van der Waals surface area (Å²) in [6.07, 6.45) is -2.02. The molecule has 1 amide bonds. The molecule has 5 nitrogen and oxygen atoms in total. The fourth-order valence-corrected chi connectivity index (χ4v) is 4.59. The highest BCUT2D eigenvalue weighted by atomic mass is 19.4. The second-order valence-electron chi connectivity index (χ2n) is 10.8. The van der Waals surface area contributed by atoms with E-state index in [9.17, 15) is 18.0 Å². The van der Waals surface area contributed by atoms with Crippen LogP contribution in [0.3, 0.4) is 0 Å². The molecule has 2 N–H and O–H groups in total. The van der Waals surface area contributed by atoms with Crippen molar-refractivity contribution >= 4 is 11.6 Å². The summed E-state index contributed by atoms with van der Waals surface area (Å²) in [7, 11) is 0. The van der Waals surface area contributed by atoms with Crippen LogP contribution in [0.4, 0.5) is 18.9 Å². The number of anilines is 1. The molecule has 2 aromatic carbocycles. The van der Waals surface area contributed by atoms with Crippen LogP contribution < -0.4 is 10.6 Å². The molecule has 4 rings (SSSR count). The van der Waals surface area contributed by atoms with E-state index in [1.54, 1.807) is 0 Å². The number of nitrogens with zero attached hydrogens (tertiary/aromatic N) is 2. The number of alkyl halides is 3. The maximum atomic E-state index is 13.3. The van der Waals surface area contributed by atoms with Crippen molar-refractivity contribution in [2.24, 2.45) is 0 Å². The quantitative estimate of drug-likeness (QED) is 0.416. The van der Waals surface area contributed by atoms with Gasteiger partial charge in [-0.15, -0.1) is 0 Å².